The van der Waals surface area contributed by atoms with Crippen molar-refractivity contribution in [3.63, 3.8) is 0 Å². The highest BCUT2D eigenvalue weighted by atomic mass is 19.1. The molecule has 1 aliphatic rings. The lowest BCUT2D eigenvalue weighted by atomic mass is 10.0. The normalized spacial score (nSPS) is 15.8. The van der Waals surface area contributed by atoms with E-state index in [2.05, 4.69) is 15.1 Å². The maximum absolute atomic E-state index is 14.5. The molecule has 2 aromatic carbocycles. The number of aromatic amines is 1. The van der Waals surface area contributed by atoms with E-state index in [9.17, 15) is 18.0 Å². The Labute approximate surface area is 202 Å². The summed E-state index contributed by atoms with van der Waals surface area (Å²) >= 11 is 0. The van der Waals surface area contributed by atoms with E-state index in [1.165, 1.54) is 19.2 Å². The van der Waals surface area contributed by atoms with Crippen LogP contribution in [-0.2, 0) is 4.74 Å². The first-order valence-corrected chi connectivity index (χ1v) is 11.3. The fourth-order valence-corrected chi connectivity index (χ4v) is 4.80. The Morgan fingerprint density at radius 2 is 1.94 bits per heavy atom. The van der Waals surface area contributed by atoms with E-state index in [0.717, 1.165) is 24.6 Å². The number of rotatable bonds is 4. The summed E-state index contributed by atoms with van der Waals surface area (Å²) in [5, 5.41) is 4.33. The molecule has 5 aromatic rings. The minimum absolute atomic E-state index is 0.202. The molecule has 3 aromatic heterocycles. The van der Waals surface area contributed by atoms with Crippen LogP contribution in [-0.4, -0.2) is 44.2 Å². The van der Waals surface area contributed by atoms with Gasteiger partial charge in [0.15, 0.2) is 5.65 Å². The van der Waals surface area contributed by atoms with E-state index in [1.54, 1.807) is 23.0 Å². The standard InChI is InChI=1S/C25H19F3N6O2/c1-36-25(35)21-17(28)6-7-18-22(21)32-23(30-18)15-12-29-34-10-8-20(31-24(15)34)33-9-2-3-19(33)14-11-13(26)4-5-16(14)27/h4-8,10-12,19H,2-3,9H2,1H3,(H,30,32)/t19-/m1/s1. The van der Waals surface area contributed by atoms with E-state index in [-0.39, 0.29) is 22.7 Å². The summed E-state index contributed by atoms with van der Waals surface area (Å²) in [6, 6.07) is 7.50. The molecular formula is C25H19F3N6O2. The van der Waals surface area contributed by atoms with E-state index in [1.807, 2.05) is 4.90 Å². The topological polar surface area (TPSA) is 88.4 Å². The number of benzene rings is 2. The highest BCUT2D eigenvalue weighted by Gasteiger charge is 2.30. The van der Waals surface area contributed by atoms with Crippen molar-refractivity contribution in [2.75, 3.05) is 18.6 Å². The van der Waals surface area contributed by atoms with Crippen LogP contribution in [0.3, 0.4) is 0 Å². The molecular weight excluding hydrogens is 473 g/mol. The second-order valence-electron chi connectivity index (χ2n) is 8.52. The molecule has 0 unspecified atom stereocenters. The van der Waals surface area contributed by atoms with Gasteiger partial charge in [0.1, 0.15) is 34.7 Å². The average molecular weight is 492 g/mol. The summed E-state index contributed by atoms with van der Waals surface area (Å²) in [4.78, 5) is 26.4. The summed E-state index contributed by atoms with van der Waals surface area (Å²) in [6.07, 6.45) is 4.74. The molecule has 1 saturated heterocycles. The van der Waals surface area contributed by atoms with Crippen molar-refractivity contribution in [3.05, 3.63) is 77.4 Å². The third-order valence-electron chi connectivity index (χ3n) is 6.47. The third-order valence-corrected chi connectivity index (χ3v) is 6.47. The Bertz CT molecular complexity index is 1650. The zero-order valence-corrected chi connectivity index (χ0v) is 19.0. The number of hydrogen-bond acceptors (Lipinski definition) is 6. The largest absolute Gasteiger partial charge is 0.465 e. The lowest BCUT2D eigenvalue weighted by Crippen LogP contribution is -2.24. The zero-order chi connectivity index (χ0) is 25.0. The highest BCUT2D eigenvalue weighted by Crippen LogP contribution is 2.37. The number of anilines is 1. The number of methoxy groups -OCH3 is 1. The number of nitrogens with zero attached hydrogens (tertiary/aromatic N) is 5. The van der Waals surface area contributed by atoms with Gasteiger partial charge in [0.25, 0.3) is 0 Å². The number of halogens is 3. The first-order chi connectivity index (χ1) is 17.4. The molecule has 4 heterocycles. The van der Waals surface area contributed by atoms with Gasteiger partial charge < -0.3 is 14.6 Å². The molecule has 0 aliphatic carbocycles. The quantitative estimate of drug-likeness (QED) is 0.362. The van der Waals surface area contributed by atoms with Crippen LogP contribution in [0.25, 0.3) is 28.1 Å². The van der Waals surface area contributed by atoms with Crippen LogP contribution >= 0.6 is 0 Å². The van der Waals surface area contributed by atoms with E-state index in [0.29, 0.717) is 41.3 Å². The Hall–Kier alpha value is -4.41. The van der Waals surface area contributed by atoms with Gasteiger partial charge in [-0.25, -0.2) is 32.4 Å². The molecule has 11 heteroatoms. The Morgan fingerprint density at radius 1 is 1.11 bits per heavy atom. The van der Waals surface area contributed by atoms with Crippen molar-refractivity contribution >= 4 is 28.5 Å². The summed E-state index contributed by atoms with van der Waals surface area (Å²) < 4.78 is 49.1. The van der Waals surface area contributed by atoms with Crippen LogP contribution in [0.4, 0.5) is 19.0 Å². The van der Waals surface area contributed by atoms with Crippen molar-refractivity contribution in [2.45, 2.75) is 18.9 Å². The summed E-state index contributed by atoms with van der Waals surface area (Å²) in [7, 11) is 1.18. The lowest BCUT2D eigenvalue weighted by Gasteiger charge is -2.26. The smallest absolute Gasteiger partial charge is 0.343 e. The van der Waals surface area contributed by atoms with Crippen molar-refractivity contribution in [1.82, 2.24) is 24.6 Å². The number of imidazole rings is 1. The van der Waals surface area contributed by atoms with Gasteiger partial charge in [-0.3, -0.25) is 0 Å². The summed E-state index contributed by atoms with van der Waals surface area (Å²) in [5.41, 5.74) is 1.61. The minimum Gasteiger partial charge on any atom is -0.465 e. The van der Waals surface area contributed by atoms with Gasteiger partial charge in [0, 0.05) is 18.3 Å². The van der Waals surface area contributed by atoms with Crippen molar-refractivity contribution in [2.24, 2.45) is 0 Å². The third kappa shape index (κ3) is 3.46. The summed E-state index contributed by atoms with van der Waals surface area (Å²) in [5.74, 6) is -1.59. The SMILES string of the molecule is COC(=O)c1c(F)ccc2nc(-c3cnn4ccc(N5CCC[C@@H]5c5cc(F)ccc5F)nc34)[nH]c12. The predicted molar refractivity (Wildman–Crippen MR) is 125 cm³/mol. The van der Waals surface area contributed by atoms with E-state index >= 15 is 0 Å². The Morgan fingerprint density at radius 3 is 2.78 bits per heavy atom. The second-order valence-corrected chi connectivity index (χ2v) is 8.52. The van der Waals surface area contributed by atoms with Gasteiger partial charge in [0.2, 0.25) is 0 Å². The molecule has 0 radical (unpaired) electrons. The molecule has 1 atom stereocenters. The van der Waals surface area contributed by atoms with Gasteiger partial charge in [-0.05, 0) is 49.2 Å². The molecule has 36 heavy (non-hydrogen) atoms. The van der Waals surface area contributed by atoms with Crippen molar-refractivity contribution in [3.8, 4) is 11.4 Å². The number of aromatic nitrogens is 5. The van der Waals surface area contributed by atoms with Crippen LogP contribution in [0.1, 0.15) is 34.8 Å². The number of carbonyl (C=O) groups is 1. The first-order valence-electron chi connectivity index (χ1n) is 11.3. The molecule has 1 N–H and O–H groups in total. The molecule has 182 valence electrons. The van der Waals surface area contributed by atoms with Crippen LogP contribution in [0.15, 0.2) is 48.8 Å². The minimum atomic E-state index is -0.821. The number of H-pyrrole nitrogens is 1. The first kappa shape index (κ1) is 22.1. The molecule has 0 amide bonds. The number of fused-ring (bicyclic) bond motifs is 2. The molecule has 0 saturated carbocycles. The fourth-order valence-electron chi connectivity index (χ4n) is 4.80. The Kier molecular flexibility index (Phi) is 5.13. The number of nitrogens with one attached hydrogen (secondary N) is 1. The summed E-state index contributed by atoms with van der Waals surface area (Å²) in [6.45, 7) is 0.625. The average Bonchev–Trinajstić information content (AvgIpc) is 3.62. The zero-order valence-electron chi connectivity index (χ0n) is 19.0. The van der Waals surface area contributed by atoms with Crippen molar-refractivity contribution in [1.29, 1.82) is 0 Å². The van der Waals surface area contributed by atoms with Crippen LogP contribution < -0.4 is 4.90 Å². The molecule has 0 bridgehead atoms. The molecule has 8 nitrogen and oxygen atoms in total. The number of hydrogen-bond donors (Lipinski definition) is 1. The maximum atomic E-state index is 14.5. The maximum Gasteiger partial charge on any atom is 0.343 e. The van der Waals surface area contributed by atoms with E-state index in [4.69, 9.17) is 9.72 Å². The molecule has 0 spiro atoms. The Balaban J connectivity index is 1.44. The predicted octanol–water partition coefficient (Wildman–Crippen LogP) is 4.82. The van der Waals surface area contributed by atoms with Gasteiger partial charge in [0.05, 0.1) is 35.9 Å². The van der Waals surface area contributed by atoms with Gasteiger partial charge in [-0.2, -0.15) is 5.10 Å². The van der Waals surface area contributed by atoms with Crippen LogP contribution in [0.2, 0.25) is 0 Å². The van der Waals surface area contributed by atoms with Crippen LogP contribution in [0.5, 0.6) is 0 Å². The molecule has 6 rings (SSSR count). The highest BCUT2D eigenvalue weighted by molar-refractivity contribution is 6.03. The monoisotopic (exact) mass is 492 g/mol. The van der Waals surface area contributed by atoms with Gasteiger partial charge in [-0.15, -0.1) is 0 Å². The second kappa shape index (κ2) is 8.36. The number of ether oxygens (including phenoxy) is 1. The van der Waals surface area contributed by atoms with Gasteiger partial charge >= 0.3 is 5.97 Å². The molecule has 1 aliphatic heterocycles. The number of carbonyl (C=O) groups excluding carboxylic acids is 1. The molecule has 1 fully saturated rings. The fraction of sp³-hybridized carbons (Fsp3) is 0.200. The number of esters is 1. The van der Waals surface area contributed by atoms with Gasteiger partial charge in [-0.1, -0.05) is 0 Å². The van der Waals surface area contributed by atoms with Crippen molar-refractivity contribution < 1.29 is 22.7 Å². The van der Waals surface area contributed by atoms with E-state index < -0.39 is 23.4 Å². The van der Waals surface area contributed by atoms with Crippen LogP contribution in [0, 0.1) is 17.5 Å². The lowest BCUT2D eigenvalue weighted by molar-refractivity contribution is 0.0597.